The summed E-state index contributed by atoms with van der Waals surface area (Å²) in [5.41, 5.74) is 0.897. The molecule has 1 aromatic carbocycles. The second-order valence-corrected chi connectivity index (χ2v) is 4.59. The van der Waals surface area contributed by atoms with Crippen LogP contribution in [0, 0.1) is 0 Å². The molecule has 0 bridgehead atoms. The molecule has 0 aliphatic rings. The Morgan fingerprint density at radius 2 is 2.06 bits per heavy atom. The standard InChI is InChI=1S/C13H18ClNO2/c1-10(2)15(3)13(16)9-17-8-11-6-4-5-7-12(11)14/h4-7,10H,8-9H2,1-3H3. The zero-order chi connectivity index (χ0) is 12.8. The van der Waals surface area contributed by atoms with Crippen molar-refractivity contribution in [2.24, 2.45) is 0 Å². The second kappa shape index (κ2) is 6.62. The normalized spacial score (nSPS) is 10.6. The van der Waals surface area contributed by atoms with Gasteiger partial charge in [-0.05, 0) is 25.5 Å². The summed E-state index contributed by atoms with van der Waals surface area (Å²) in [6.07, 6.45) is 0. The molecule has 4 heteroatoms. The second-order valence-electron chi connectivity index (χ2n) is 4.18. The van der Waals surface area contributed by atoms with Gasteiger partial charge in [-0.1, -0.05) is 29.8 Å². The van der Waals surface area contributed by atoms with Crippen LogP contribution in [0.5, 0.6) is 0 Å². The van der Waals surface area contributed by atoms with Crippen molar-refractivity contribution >= 4 is 17.5 Å². The highest BCUT2D eigenvalue weighted by atomic mass is 35.5. The Morgan fingerprint density at radius 3 is 2.65 bits per heavy atom. The number of nitrogens with zero attached hydrogens (tertiary/aromatic N) is 1. The molecule has 1 rings (SSSR count). The zero-order valence-electron chi connectivity index (χ0n) is 10.4. The first-order valence-corrected chi connectivity index (χ1v) is 5.97. The molecule has 0 fully saturated rings. The molecule has 3 nitrogen and oxygen atoms in total. The van der Waals surface area contributed by atoms with Gasteiger partial charge in [0, 0.05) is 18.1 Å². The third-order valence-electron chi connectivity index (χ3n) is 2.61. The Morgan fingerprint density at radius 1 is 1.41 bits per heavy atom. The van der Waals surface area contributed by atoms with Crippen molar-refractivity contribution in [3.05, 3.63) is 34.9 Å². The molecule has 0 aliphatic carbocycles. The Balaban J connectivity index is 2.38. The molecule has 0 heterocycles. The number of hydrogen-bond acceptors (Lipinski definition) is 2. The lowest BCUT2D eigenvalue weighted by Crippen LogP contribution is -2.35. The van der Waals surface area contributed by atoms with Gasteiger partial charge < -0.3 is 9.64 Å². The van der Waals surface area contributed by atoms with E-state index in [4.69, 9.17) is 16.3 Å². The molecule has 0 saturated heterocycles. The monoisotopic (exact) mass is 255 g/mol. The van der Waals surface area contributed by atoms with Gasteiger partial charge in [0.25, 0.3) is 0 Å². The van der Waals surface area contributed by atoms with Gasteiger partial charge in [-0.25, -0.2) is 0 Å². The van der Waals surface area contributed by atoms with Gasteiger partial charge in [-0.3, -0.25) is 4.79 Å². The number of halogens is 1. The van der Waals surface area contributed by atoms with Gasteiger partial charge in [0.15, 0.2) is 0 Å². The Bertz CT molecular complexity index is 379. The van der Waals surface area contributed by atoms with Crippen molar-refractivity contribution in [3.8, 4) is 0 Å². The highest BCUT2D eigenvalue weighted by Gasteiger charge is 2.11. The molecule has 0 N–H and O–H groups in total. The summed E-state index contributed by atoms with van der Waals surface area (Å²) in [5, 5.41) is 0.664. The van der Waals surface area contributed by atoms with Crippen LogP contribution in [0.4, 0.5) is 0 Å². The van der Waals surface area contributed by atoms with Crippen molar-refractivity contribution in [2.45, 2.75) is 26.5 Å². The summed E-state index contributed by atoms with van der Waals surface area (Å²) in [5.74, 6) is -0.0212. The predicted octanol–water partition coefficient (Wildman–Crippen LogP) is 2.72. The topological polar surface area (TPSA) is 29.5 Å². The lowest BCUT2D eigenvalue weighted by atomic mass is 10.2. The van der Waals surface area contributed by atoms with Crippen molar-refractivity contribution in [1.29, 1.82) is 0 Å². The van der Waals surface area contributed by atoms with E-state index in [-0.39, 0.29) is 18.6 Å². The minimum absolute atomic E-state index is 0.0212. The lowest BCUT2D eigenvalue weighted by Gasteiger charge is -2.21. The minimum atomic E-state index is -0.0212. The molecular formula is C13H18ClNO2. The van der Waals surface area contributed by atoms with Crippen molar-refractivity contribution in [1.82, 2.24) is 4.90 Å². The summed E-state index contributed by atoms with van der Waals surface area (Å²) >= 11 is 5.98. The van der Waals surface area contributed by atoms with Crippen LogP contribution in [-0.2, 0) is 16.1 Å². The van der Waals surface area contributed by atoms with Gasteiger partial charge in [-0.15, -0.1) is 0 Å². The number of amides is 1. The minimum Gasteiger partial charge on any atom is -0.367 e. The third-order valence-corrected chi connectivity index (χ3v) is 2.98. The summed E-state index contributed by atoms with van der Waals surface area (Å²) in [4.78, 5) is 13.3. The fraction of sp³-hybridized carbons (Fsp3) is 0.462. The Labute approximate surface area is 107 Å². The lowest BCUT2D eigenvalue weighted by molar-refractivity contribution is -0.136. The quantitative estimate of drug-likeness (QED) is 0.810. The van der Waals surface area contributed by atoms with Gasteiger partial charge >= 0.3 is 0 Å². The molecule has 17 heavy (non-hydrogen) atoms. The molecule has 0 aliphatic heterocycles. The zero-order valence-corrected chi connectivity index (χ0v) is 11.2. The van der Waals surface area contributed by atoms with Crippen LogP contribution < -0.4 is 0 Å². The van der Waals surface area contributed by atoms with Gasteiger partial charge in [0.05, 0.1) is 6.61 Å². The van der Waals surface area contributed by atoms with Crippen molar-refractivity contribution < 1.29 is 9.53 Å². The summed E-state index contributed by atoms with van der Waals surface area (Å²) < 4.78 is 5.36. The highest BCUT2D eigenvalue weighted by Crippen LogP contribution is 2.15. The van der Waals surface area contributed by atoms with Crippen LogP contribution >= 0.6 is 11.6 Å². The largest absolute Gasteiger partial charge is 0.367 e. The maximum Gasteiger partial charge on any atom is 0.248 e. The third kappa shape index (κ3) is 4.36. The van der Waals surface area contributed by atoms with Crippen molar-refractivity contribution in [2.75, 3.05) is 13.7 Å². The maximum atomic E-state index is 11.6. The van der Waals surface area contributed by atoms with Gasteiger partial charge in [-0.2, -0.15) is 0 Å². The van der Waals surface area contributed by atoms with E-state index in [9.17, 15) is 4.79 Å². The van der Waals surface area contributed by atoms with E-state index >= 15 is 0 Å². The Kier molecular flexibility index (Phi) is 5.45. The molecule has 0 saturated carbocycles. The highest BCUT2D eigenvalue weighted by molar-refractivity contribution is 6.31. The van der Waals surface area contributed by atoms with E-state index in [0.29, 0.717) is 11.6 Å². The van der Waals surface area contributed by atoms with Crippen LogP contribution in [-0.4, -0.2) is 30.5 Å². The van der Waals surface area contributed by atoms with Crippen LogP contribution in [0.15, 0.2) is 24.3 Å². The van der Waals surface area contributed by atoms with Crippen LogP contribution in [0.2, 0.25) is 5.02 Å². The maximum absolute atomic E-state index is 11.6. The summed E-state index contributed by atoms with van der Waals surface area (Å²) in [7, 11) is 1.77. The summed E-state index contributed by atoms with van der Waals surface area (Å²) in [6.45, 7) is 4.37. The van der Waals surface area contributed by atoms with Crippen LogP contribution in [0.1, 0.15) is 19.4 Å². The van der Waals surface area contributed by atoms with Crippen LogP contribution in [0.25, 0.3) is 0 Å². The van der Waals surface area contributed by atoms with Crippen molar-refractivity contribution in [3.63, 3.8) is 0 Å². The number of rotatable bonds is 5. The molecule has 94 valence electrons. The number of likely N-dealkylation sites (N-methyl/N-ethyl adjacent to an activating group) is 1. The fourth-order valence-electron chi connectivity index (χ4n) is 1.25. The van der Waals surface area contributed by atoms with Crippen LogP contribution in [0.3, 0.4) is 0 Å². The first-order chi connectivity index (χ1) is 8.02. The fourth-order valence-corrected chi connectivity index (χ4v) is 1.44. The number of ether oxygens (including phenoxy) is 1. The number of carbonyl (C=O) groups is 1. The predicted molar refractivity (Wildman–Crippen MR) is 69.0 cm³/mol. The average Bonchev–Trinajstić information content (AvgIpc) is 2.30. The smallest absolute Gasteiger partial charge is 0.248 e. The van der Waals surface area contributed by atoms with E-state index in [0.717, 1.165) is 5.56 Å². The van der Waals surface area contributed by atoms with E-state index < -0.39 is 0 Å². The molecule has 0 unspecified atom stereocenters. The summed E-state index contributed by atoms with van der Waals surface area (Å²) in [6, 6.07) is 7.64. The van der Waals surface area contributed by atoms with E-state index in [1.54, 1.807) is 11.9 Å². The molecule has 0 radical (unpaired) electrons. The molecule has 0 aromatic heterocycles. The number of carbonyl (C=O) groups excluding carboxylic acids is 1. The first kappa shape index (κ1) is 14.0. The first-order valence-electron chi connectivity index (χ1n) is 5.59. The van der Waals surface area contributed by atoms with E-state index in [2.05, 4.69) is 0 Å². The average molecular weight is 256 g/mol. The van der Waals surface area contributed by atoms with E-state index in [1.807, 2.05) is 38.1 Å². The van der Waals surface area contributed by atoms with Gasteiger partial charge in [0.2, 0.25) is 5.91 Å². The molecule has 0 atom stereocenters. The number of benzene rings is 1. The van der Waals surface area contributed by atoms with E-state index in [1.165, 1.54) is 0 Å². The molecule has 0 spiro atoms. The Hall–Kier alpha value is -1.06. The molecule has 1 amide bonds. The molecule has 1 aromatic rings. The number of hydrogen-bond donors (Lipinski definition) is 0. The van der Waals surface area contributed by atoms with Gasteiger partial charge in [0.1, 0.15) is 6.61 Å². The molecular weight excluding hydrogens is 238 g/mol. The SMILES string of the molecule is CC(C)N(C)C(=O)COCc1ccccc1Cl.